The van der Waals surface area contributed by atoms with E-state index in [0.29, 0.717) is 5.92 Å². The number of anilines is 1. The van der Waals surface area contributed by atoms with E-state index in [1.54, 1.807) is 0 Å². The van der Waals surface area contributed by atoms with Crippen LogP contribution in [0.3, 0.4) is 0 Å². The normalized spacial score (nSPS) is 15.2. The Morgan fingerprint density at radius 2 is 1.96 bits per heavy atom. The molecule has 1 aliphatic rings. The standard InChI is InChI=1S/C17H22N6S/c1-8(2)14(16-19-10(4)22-23-16)21-15-13-11-6-5-7-12(11)24-17(13)20-9(3)18-15/h8,14H,5-7H2,1-4H3,(H,18,20,21)(H,19,22,23). The molecule has 3 aromatic heterocycles. The molecule has 1 unspecified atom stereocenters. The van der Waals surface area contributed by atoms with Gasteiger partial charge >= 0.3 is 0 Å². The highest BCUT2D eigenvalue weighted by Crippen LogP contribution is 2.40. The van der Waals surface area contributed by atoms with E-state index in [-0.39, 0.29) is 6.04 Å². The van der Waals surface area contributed by atoms with E-state index in [4.69, 9.17) is 4.98 Å². The largest absolute Gasteiger partial charge is 0.359 e. The van der Waals surface area contributed by atoms with Crippen LogP contribution in [0.5, 0.6) is 0 Å². The molecular formula is C17H22N6S. The van der Waals surface area contributed by atoms with Gasteiger partial charge in [-0.25, -0.2) is 15.0 Å². The molecule has 0 spiro atoms. The maximum absolute atomic E-state index is 4.72. The van der Waals surface area contributed by atoms with E-state index in [2.05, 4.69) is 39.3 Å². The molecule has 0 radical (unpaired) electrons. The van der Waals surface area contributed by atoms with Crippen LogP contribution in [0.2, 0.25) is 0 Å². The number of aromatic nitrogens is 5. The van der Waals surface area contributed by atoms with Crippen molar-refractivity contribution in [1.82, 2.24) is 25.1 Å². The highest BCUT2D eigenvalue weighted by atomic mass is 32.1. The van der Waals surface area contributed by atoms with Gasteiger partial charge in [0.15, 0.2) is 5.82 Å². The number of aryl methyl sites for hydroxylation is 4. The Labute approximate surface area is 145 Å². The highest BCUT2D eigenvalue weighted by molar-refractivity contribution is 7.19. The van der Waals surface area contributed by atoms with E-state index in [1.165, 1.54) is 28.7 Å². The molecule has 2 N–H and O–H groups in total. The summed E-state index contributed by atoms with van der Waals surface area (Å²) in [6.45, 7) is 8.22. The first kappa shape index (κ1) is 15.5. The van der Waals surface area contributed by atoms with Crippen LogP contribution in [0.1, 0.15) is 54.2 Å². The van der Waals surface area contributed by atoms with Crippen LogP contribution in [0.4, 0.5) is 5.82 Å². The third-order valence-corrected chi connectivity index (χ3v) is 5.71. The summed E-state index contributed by atoms with van der Waals surface area (Å²) in [6.07, 6.45) is 3.53. The molecule has 0 aromatic carbocycles. The number of hydrogen-bond donors (Lipinski definition) is 2. The SMILES string of the molecule is Cc1nc(NC(c2n[nH]c(C)n2)C(C)C)c2c3c(sc2n1)CCC3. The molecule has 1 atom stereocenters. The predicted molar refractivity (Wildman–Crippen MR) is 96.5 cm³/mol. The van der Waals surface area contributed by atoms with E-state index < -0.39 is 0 Å². The predicted octanol–water partition coefficient (Wildman–Crippen LogP) is 3.72. The van der Waals surface area contributed by atoms with Crippen molar-refractivity contribution in [3.63, 3.8) is 0 Å². The third kappa shape index (κ3) is 2.56. The first-order valence-corrected chi connectivity index (χ1v) is 9.29. The number of rotatable bonds is 4. The van der Waals surface area contributed by atoms with Crippen LogP contribution < -0.4 is 5.32 Å². The summed E-state index contributed by atoms with van der Waals surface area (Å²) in [5, 5.41) is 12.1. The first-order valence-electron chi connectivity index (χ1n) is 8.47. The molecule has 24 heavy (non-hydrogen) atoms. The number of nitrogens with zero attached hydrogens (tertiary/aromatic N) is 4. The molecule has 3 heterocycles. The molecule has 4 rings (SSSR count). The molecular weight excluding hydrogens is 320 g/mol. The molecule has 7 heteroatoms. The van der Waals surface area contributed by atoms with Crippen molar-refractivity contribution in [2.45, 2.75) is 53.0 Å². The van der Waals surface area contributed by atoms with Crippen molar-refractivity contribution < 1.29 is 0 Å². The van der Waals surface area contributed by atoms with Crippen LogP contribution in [0.15, 0.2) is 0 Å². The molecule has 6 nitrogen and oxygen atoms in total. The van der Waals surface area contributed by atoms with Gasteiger partial charge in [-0.2, -0.15) is 5.10 Å². The minimum absolute atomic E-state index is 0.0180. The van der Waals surface area contributed by atoms with Crippen molar-refractivity contribution >= 4 is 27.4 Å². The number of fused-ring (bicyclic) bond motifs is 3. The third-order valence-electron chi connectivity index (χ3n) is 4.53. The lowest BCUT2D eigenvalue weighted by molar-refractivity contribution is 0.522. The lowest BCUT2D eigenvalue weighted by Crippen LogP contribution is -2.19. The Morgan fingerprint density at radius 1 is 1.12 bits per heavy atom. The van der Waals surface area contributed by atoms with Gasteiger partial charge in [0.25, 0.3) is 0 Å². The van der Waals surface area contributed by atoms with Crippen molar-refractivity contribution in [3.05, 3.63) is 27.9 Å². The van der Waals surface area contributed by atoms with Crippen molar-refractivity contribution in [2.75, 3.05) is 5.32 Å². The fourth-order valence-corrected chi connectivity index (χ4v) is 4.69. The monoisotopic (exact) mass is 342 g/mol. The minimum atomic E-state index is 0.0180. The second-order valence-corrected chi connectivity index (χ2v) is 7.89. The zero-order chi connectivity index (χ0) is 16.8. The lowest BCUT2D eigenvalue weighted by atomic mass is 10.0. The summed E-state index contributed by atoms with van der Waals surface area (Å²) in [7, 11) is 0. The van der Waals surface area contributed by atoms with E-state index in [1.807, 2.05) is 25.2 Å². The van der Waals surface area contributed by atoms with Crippen LogP contribution in [0, 0.1) is 19.8 Å². The topological polar surface area (TPSA) is 79.4 Å². The van der Waals surface area contributed by atoms with Crippen molar-refractivity contribution in [2.24, 2.45) is 5.92 Å². The van der Waals surface area contributed by atoms with Crippen molar-refractivity contribution in [1.29, 1.82) is 0 Å². The maximum Gasteiger partial charge on any atom is 0.173 e. The summed E-state index contributed by atoms with van der Waals surface area (Å²) in [4.78, 5) is 16.5. The zero-order valence-corrected chi connectivity index (χ0v) is 15.3. The van der Waals surface area contributed by atoms with Crippen LogP contribution in [0.25, 0.3) is 10.2 Å². The van der Waals surface area contributed by atoms with Crippen LogP contribution in [-0.2, 0) is 12.8 Å². The van der Waals surface area contributed by atoms with Crippen molar-refractivity contribution in [3.8, 4) is 0 Å². The molecule has 0 bridgehead atoms. The average Bonchev–Trinajstić information content (AvgIpc) is 3.19. The molecule has 126 valence electrons. The molecule has 3 aromatic rings. The first-order chi connectivity index (χ1) is 11.5. The summed E-state index contributed by atoms with van der Waals surface area (Å²) in [5.41, 5.74) is 1.44. The van der Waals surface area contributed by atoms with Gasteiger partial charge < -0.3 is 5.32 Å². The summed E-state index contributed by atoms with van der Waals surface area (Å²) >= 11 is 1.82. The van der Waals surface area contributed by atoms with E-state index in [0.717, 1.165) is 34.5 Å². The highest BCUT2D eigenvalue weighted by Gasteiger charge is 2.26. The Hall–Kier alpha value is -2.02. The molecule has 0 fully saturated rings. The Bertz CT molecular complexity index is 894. The molecule has 1 aliphatic carbocycles. The summed E-state index contributed by atoms with van der Waals surface area (Å²) < 4.78 is 0. The van der Waals surface area contributed by atoms with Gasteiger partial charge in [0.1, 0.15) is 22.3 Å². The number of hydrogen-bond acceptors (Lipinski definition) is 6. The van der Waals surface area contributed by atoms with Gasteiger partial charge in [-0.15, -0.1) is 11.3 Å². The van der Waals surface area contributed by atoms with Gasteiger partial charge in [0.2, 0.25) is 0 Å². The number of nitrogens with one attached hydrogen (secondary N) is 2. The second kappa shape index (κ2) is 5.81. The second-order valence-electron chi connectivity index (χ2n) is 6.80. The molecule has 0 saturated carbocycles. The smallest absolute Gasteiger partial charge is 0.173 e. The van der Waals surface area contributed by atoms with Gasteiger partial charge in [0.05, 0.1) is 11.4 Å². The molecule has 0 aliphatic heterocycles. The van der Waals surface area contributed by atoms with Gasteiger partial charge in [-0.1, -0.05) is 13.8 Å². The fourth-order valence-electron chi connectivity index (χ4n) is 3.38. The fraction of sp³-hybridized carbons (Fsp3) is 0.529. The Morgan fingerprint density at radius 3 is 2.67 bits per heavy atom. The maximum atomic E-state index is 4.72. The van der Waals surface area contributed by atoms with Crippen LogP contribution in [-0.4, -0.2) is 25.1 Å². The Kier molecular flexibility index (Phi) is 3.75. The number of aromatic amines is 1. The van der Waals surface area contributed by atoms with Gasteiger partial charge in [0, 0.05) is 4.88 Å². The Balaban J connectivity index is 1.80. The summed E-state index contributed by atoms with van der Waals surface area (Å²) in [5.74, 6) is 3.70. The molecule has 0 saturated heterocycles. The van der Waals surface area contributed by atoms with E-state index in [9.17, 15) is 0 Å². The quantitative estimate of drug-likeness (QED) is 0.755. The number of H-pyrrole nitrogens is 1. The van der Waals surface area contributed by atoms with Gasteiger partial charge in [-0.05, 0) is 44.6 Å². The average molecular weight is 342 g/mol. The van der Waals surface area contributed by atoms with Gasteiger partial charge in [-0.3, -0.25) is 5.10 Å². The molecule has 0 amide bonds. The minimum Gasteiger partial charge on any atom is -0.359 e. The lowest BCUT2D eigenvalue weighted by Gasteiger charge is -2.21. The zero-order valence-electron chi connectivity index (χ0n) is 14.5. The summed E-state index contributed by atoms with van der Waals surface area (Å²) in [6, 6.07) is 0.0180. The van der Waals surface area contributed by atoms with E-state index >= 15 is 0 Å². The number of thiophene rings is 1. The van der Waals surface area contributed by atoms with Crippen LogP contribution >= 0.6 is 11.3 Å².